The molecule has 4 rings (SSSR count). The molecule has 0 N–H and O–H groups in total. The van der Waals surface area contributed by atoms with Crippen molar-refractivity contribution in [3.8, 4) is 17.2 Å². The summed E-state index contributed by atoms with van der Waals surface area (Å²) in [4.78, 5) is 12.1. The van der Waals surface area contributed by atoms with Crippen LogP contribution in [-0.2, 0) is 18.8 Å². The highest BCUT2D eigenvalue weighted by molar-refractivity contribution is 5.79. The van der Waals surface area contributed by atoms with Crippen LogP contribution in [0, 0.1) is 6.92 Å². The number of nitrogens with zero attached hydrogens (tertiary/aromatic N) is 2. The summed E-state index contributed by atoms with van der Waals surface area (Å²) in [6, 6.07) is 11.4. The van der Waals surface area contributed by atoms with Crippen molar-refractivity contribution < 1.29 is 14.2 Å². The molecule has 2 heterocycles. The number of aryl methyl sites for hydroxylation is 3. The van der Waals surface area contributed by atoms with Gasteiger partial charge < -0.3 is 14.2 Å². The summed E-state index contributed by atoms with van der Waals surface area (Å²) < 4.78 is 20.5. The monoisotopic (exact) mass is 354 g/mol. The van der Waals surface area contributed by atoms with Crippen molar-refractivity contribution in [3.05, 3.63) is 52.4 Å². The molecule has 1 atom stereocenters. The first kappa shape index (κ1) is 16.7. The second kappa shape index (κ2) is 5.92. The summed E-state index contributed by atoms with van der Waals surface area (Å²) in [7, 11) is 3.54. The number of hydrogen-bond acceptors (Lipinski definition) is 4. The minimum Gasteiger partial charge on any atom is -0.490 e. The van der Waals surface area contributed by atoms with Crippen LogP contribution >= 0.6 is 0 Å². The molecule has 0 radical (unpaired) electrons. The maximum absolute atomic E-state index is 12.1. The molecule has 2 aromatic carbocycles. The molecule has 0 spiro atoms. The lowest BCUT2D eigenvalue weighted by molar-refractivity contribution is 0.202. The first-order valence-corrected chi connectivity index (χ1v) is 8.57. The summed E-state index contributed by atoms with van der Waals surface area (Å²) in [5, 5.41) is 0. The first-order valence-electron chi connectivity index (χ1n) is 8.57. The Kier molecular flexibility index (Phi) is 3.80. The second-order valence-electron chi connectivity index (χ2n) is 7.11. The highest BCUT2D eigenvalue weighted by Crippen LogP contribution is 2.32. The molecule has 0 aliphatic carbocycles. The van der Waals surface area contributed by atoms with Crippen LogP contribution in [0.15, 0.2) is 41.2 Å². The number of rotatable bonds is 5. The van der Waals surface area contributed by atoms with Crippen molar-refractivity contribution in [3.63, 3.8) is 0 Å². The smallest absolute Gasteiger partial charge is 0.328 e. The molecule has 136 valence electrons. The number of aromatic nitrogens is 2. The summed E-state index contributed by atoms with van der Waals surface area (Å²) in [5.74, 6) is 2.14. The Bertz CT molecular complexity index is 1040. The number of hydrogen-bond donors (Lipinski definition) is 0. The van der Waals surface area contributed by atoms with Gasteiger partial charge in [-0.1, -0.05) is 6.07 Å². The summed E-state index contributed by atoms with van der Waals surface area (Å²) in [6.07, 6.45) is 0. The Morgan fingerprint density at radius 1 is 1.12 bits per heavy atom. The van der Waals surface area contributed by atoms with E-state index in [-0.39, 0.29) is 11.3 Å². The van der Waals surface area contributed by atoms with Gasteiger partial charge in [0.15, 0.2) is 0 Å². The van der Waals surface area contributed by atoms with E-state index in [4.69, 9.17) is 14.2 Å². The van der Waals surface area contributed by atoms with Crippen LogP contribution in [0.4, 0.5) is 0 Å². The molecule has 1 aliphatic rings. The zero-order chi connectivity index (χ0) is 18.5. The van der Waals surface area contributed by atoms with E-state index in [1.807, 2.05) is 50.2 Å². The van der Waals surface area contributed by atoms with Gasteiger partial charge in [-0.25, -0.2) is 4.79 Å². The Balaban J connectivity index is 1.61. The average Bonchev–Trinajstić information content (AvgIpc) is 3.33. The van der Waals surface area contributed by atoms with Gasteiger partial charge in [0.1, 0.15) is 29.5 Å². The maximum atomic E-state index is 12.1. The van der Waals surface area contributed by atoms with Gasteiger partial charge in [-0.15, -0.1) is 0 Å². The van der Waals surface area contributed by atoms with E-state index in [1.54, 1.807) is 23.2 Å². The van der Waals surface area contributed by atoms with Crippen molar-refractivity contribution >= 4 is 11.0 Å². The topological polar surface area (TPSA) is 57.9 Å². The van der Waals surface area contributed by atoms with Gasteiger partial charge in [0, 0.05) is 26.2 Å². The number of ether oxygens (including phenoxy) is 3. The fourth-order valence-corrected chi connectivity index (χ4v) is 2.94. The third kappa shape index (κ3) is 2.97. The molecule has 0 amide bonds. The van der Waals surface area contributed by atoms with E-state index in [2.05, 4.69) is 0 Å². The molecule has 3 aromatic rings. The molecule has 1 aliphatic heterocycles. The fourth-order valence-electron chi connectivity index (χ4n) is 2.94. The van der Waals surface area contributed by atoms with Crippen molar-refractivity contribution in [2.24, 2.45) is 14.1 Å². The normalized spacial score (nSPS) is 18.9. The predicted molar refractivity (Wildman–Crippen MR) is 99.3 cm³/mol. The molecule has 0 bridgehead atoms. The van der Waals surface area contributed by atoms with Crippen LogP contribution in [0.2, 0.25) is 0 Å². The Morgan fingerprint density at radius 2 is 1.77 bits per heavy atom. The average molecular weight is 354 g/mol. The van der Waals surface area contributed by atoms with Gasteiger partial charge in [-0.2, -0.15) is 0 Å². The van der Waals surface area contributed by atoms with Gasteiger partial charge in [0.2, 0.25) is 0 Å². The Labute approximate surface area is 151 Å². The number of imidazole rings is 1. The SMILES string of the molecule is Cc1cc2c(cc1Oc1cccc(OCC3(C)CO3)c1)n(C)c(=O)n2C. The molecule has 0 saturated carbocycles. The first-order chi connectivity index (χ1) is 12.4. The van der Waals surface area contributed by atoms with E-state index in [1.165, 1.54) is 0 Å². The largest absolute Gasteiger partial charge is 0.490 e. The summed E-state index contributed by atoms with van der Waals surface area (Å²) in [5.41, 5.74) is 2.48. The molecule has 1 unspecified atom stereocenters. The lowest BCUT2D eigenvalue weighted by atomic mass is 10.2. The lowest BCUT2D eigenvalue weighted by Crippen LogP contribution is -2.19. The Morgan fingerprint density at radius 3 is 2.46 bits per heavy atom. The van der Waals surface area contributed by atoms with Crippen molar-refractivity contribution in [1.29, 1.82) is 0 Å². The van der Waals surface area contributed by atoms with E-state index in [0.29, 0.717) is 18.1 Å². The summed E-state index contributed by atoms with van der Waals surface area (Å²) in [6.45, 7) is 5.25. The van der Waals surface area contributed by atoms with Gasteiger partial charge in [-0.05, 0) is 37.6 Å². The molecule has 6 heteroatoms. The molecular weight excluding hydrogens is 332 g/mol. The molecule has 6 nitrogen and oxygen atoms in total. The lowest BCUT2D eigenvalue weighted by Gasteiger charge is -2.12. The van der Waals surface area contributed by atoms with Gasteiger partial charge >= 0.3 is 5.69 Å². The van der Waals surface area contributed by atoms with Crippen LogP contribution in [0.25, 0.3) is 11.0 Å². The molecular formula is C20H22N2O4. The molecule has 1 aromatic heterocycles. The van der Waals surface area contributed by atoms with Crippen molar-refractivity contribution in [1.82, 2.24) is 9.13 Å². The number of epoxide rings is 1. The highest BCUT2D eigenvalue weighted by atomic mass is 16.6. The quantitative estimate of drug-likeness (QED) is 0.661. The standard InChI is InChI=1S/C20H22N2O4/c1-13-8-16-17(22(4)19(23)21(16)3)10-18(13)26-15-7-5-6-14(9-15)24-11-20(2)12-25-20/h5-10H,11-12H2,1-4H3. The number of benzene rings is 2. The van der Waals surface area contributed by atoms with Crippen LogP contribution in [0.5, 0.6) is 17.2 Å². The van der Waals surface area contributed by atoms with Crippen LogP contribution in [0.1, 0.15) is 12.5 Å². The molecule has 1 fully saturated rings. The fraction of sp³-hybridized carbons (Fsp3) is 0.350. The van der Waals surface area contributed by atoms with Crippen LogP contribution < -0.4 is 15.2 Å². The highest BCUT2D eigenvalue weighted by Gasteiger charge is 2.40. The summed E-state index contributed by atoms with van der Waals surface area (Å²) >= 11 is 0. The van der Waals surface area contributed by atoms with E-state index in [0.717, 1.165) is 29.0 Å². The van der Waals surface area contributed by atoms with Gasteiger partial charge in [-0.3, -0.25) is 9.13 Å². The van der Waals surface area contributed by atoms with Crippen molar-refractivity contribution in [2.75, 3.05) is 13.2 Å². The third-order valence-corrected chi connectivity index (χ3v) is 4.78. The van der Waals surface area contributed by atoms with E-state index >= 15 is 0 Å². The predicted octanol–water partition coefficient (Wildman–Crippen LogP) is 3.15. The minimum atomic E-state index is -0.156. The molecule has 1 saturated heterocycles. The van der Waals surface area contributed by atoms with Crippen LogP contribution in [-0.4, -0.2) is 27.9 Å². The Hall–Kier alpha value is -2.73. The van der Waals surface area contributed by atoms with E-state index in [9.17, 15) is 4.79 Å². The maximum Gasteiger partial charge on any atom is 0.328 e. The minimum absolute atomic E-state index is 0.0530. The van der Waals surface area contributed by atoms with Gasteiger partial charge in [0.25, 0.3) is 0 Å². The van der Waals surface area contributed by atoms with E-state index < -0.39 is 0 Å². The second-order valence-corrected chi connectivity index (χ2v) is 7.11. The van der Waals surface area contributed by atoms with Crippen molar-refractivity contribution in [2.45, 2.75) is 19.4 Å². The molecule has 26 heavy (non-hydrogen) atoms. The zero-order valence-electron chi connectivity index (χ0n) is 15.4. The van der Waals surface area contributed by atoms with Gasteiger partial charge in [0.05, 0.1) is 17.6 Å². The number of fused-ring (bicyclic) bond motifs is 1. The zero-order valence-corrected chi connectivity index (χ0v) is 15.4. The van der Waals surface area contributed by atoms with Crippen LogP contribution in [0.3, 0.4) is 0 Å². The third-order valence-electron chi connectivity index (χ3n) is 4.78.